The third-order valence-electron chi connectivity index (χ3n) is 3.91. The average Bonchev–Trinajstić information content (AvgIpc) is 2.40. The first-order valence-electron chi connectivity index (χ1n) is 6.82. The van der Waals surface area contributed by atoms with Crippen molar-refractivity contribution in [1.29, 1.82) is 0 Å². The topological polar surface area (TPSA) is 38.0 Å². The van der Waals surface area contributed by atoms with Crippen LogP contribution in [-0.4, -0.2) is 19.6 Å². The van der Waals surface area contributed by atoms with Gasteiger partial charge in [0.05, 0.1) is 0 Å². The summed E-state index contributed by atoms with van der Waals surface area (Å²) < 4.78 is 0. The van der Waals surface area contributed by atoms with E-state index in [0.717, 1.165) is 32.0 Å². The highest BCUT2D eigenvalue weighted by molar-refractivity contribution is 5.33. The SMILES string of the molecule is CC(CCN)c1ccccc1C1CCNCC1. The molecule has 2 heteroatoms. The predicted molar refractivity (Wildman–Crippen MR) is 73.4 cm³/mol. The van der Waals surface area contributed by atoms with Gasteiger partial charge in [-0.15, -0.1) is 0 Å². The van der Waals surface area contributed by atoms with Crippen LogP contribution in [0.2, 0.25) is 0 Å². The molecule has 3 N–H and O–H groups in total. The summed E-state index contributed by atoms with van der Waals surface area (Å²) >= 11 is 0. The molecule has 1 fully saturated rings. The van der Waals surface area contributed by atoms with Crippen LogP contribution in [0.25, 0.3) is 0 Å². The Bertz CT molecular complexity index is 343. The molecule has 1 aliphatic heterocycles. The van der Waals surface area contributed by atoms with Crippen LogP contribution in [0.15, 0.2) is 24.3 Å². The second-order valence-electron chi connectivity index (χ2n) is 5.13. The number of piperidine rings is 1. The van der Waals surface area contributed by atoms with E-state index in [1.807, 2.05) is 0 Å². The van der Waals surface area contributed by atoms with Gasteiger partial charge >= 0.3 is 0 Å². The lowest BCUT2D eigenvalue weighted by molar-refractivity contribution is 0.456. The number of hydrogen-bond donors (Lipinski definition) is 2. The summed E-state index contributed by atoms with van der Waals surface area (Å²) in [4.78, 5) is 0. The van der Waals surface area contributed by atoms with Gasteiger partial charge in [0.2, 0.25) is 0 Å². The van der Waals surface area contributed by atoms with Crippen molar-refractivity contribution in [3.8, 4) is 0 Å². The van der Waals surface area contributed by atoms with Crippen molar-refractivity contribution in [2.45, 2.75) is 38.0 Å². The largest absolute Gasteiger partial charge is 0.330 e. The first-order valence-corrected chi connectivity index (χ1v) is 6.82. The Morgan fingerprint density at radius 3 is 2.71 bits per heavy atom. The zero-order chi connectivity index (χ0) is 12.1. The molecule has 0 radical (unpaired) electrons. The van der Waals surface area contributed by atoms with E-state index in [2.05, 4.69) is 36.5 Å². The molecule has 0 aromatic heterocycles. The highest BCUT2D eigenvalue weighted by Crippen LogP contribution is 2.32. The molecule has 1 aliphatic rings. The number of nitrogens with two attached hydrogens (primary N) is 1. The molecule has 1 aromatic rings. The smallest absolute Gasteiger partial charge is 0.00431 e. The first kappa shape index (κ1) is 12.6. The van der Waals surface area contributed by atoms with Crippen molar-refractivity contribution in [3.05, 3.63) is 35.4 Å². The fourth-order valence-electron chi connectivity index (χ4n) is 2.87. The molecule has 0 saturated carbocycles. The zero-order valence-corrected chi connectivity index (χ0v) is 10.8. The van der Waals surface area contributed by atoms with Crippen molar-refractivity contribution >= 4 is 0 Å². The number of rotatable bonds is 4. The summed E-state index contributed by atoms with van der Waals surface area (Å²) in [6.45, 7) is 5.39. The van der Waals surface area contributed by atoms with E-state index in [0.29, 0.717) is 5.92 Å². The van der Waals surface area contributed by atoms with Gasteiger partial charge in [-0.05, 0) is 61.9 Å². The molecule has 0 bridgehead atoms. The van der Waals surface area contributed by atoms with E-state index >= 15 is 0 Å². The van der Waals surface area contributed by atoms with Gasteiger partial charge in [-0.25, -0.2) is 0 Å². The summed E-state index contributed by atoms with van der Waals surface area (Å²) in [5, 5.41) is 3.44. The Morgan fingerprint density at radius 1 is 1.29 bits per heavy atom. The highest BCUT2D eigenvalue weighted by atomic mass is 14.9. The maximum Gasteiger partial charge on any atom is -0.00431 e. The van der Waals surface area contributed by atoms with E-state index in [9.17, 15) is 0 Å². The summed E-state index contributed by atoms with van der Waals surface area (Å²) in [6, 6.07) is 8.94. The van der Waals surface area contributed by atoms with Crippen LogP contribution in [0.5, 0.6) is 0 Å². The van der Waals surface area contributed by atoms with Crippen molar-refractivity contribution < 1.29 is 0 Å². The van der Waals surface area contributed by atoms with Crippen LogP contribution in [0.3, 0.4) is 0 Å². The summed E-state index contributed by atoms with van der Waals surface area (Å²) in [7, 11) is 0. The maximum atomic E-state index is 5.69. The standard InChI is InChI=1S/C15H24N2/c1-12(6-9-16)14-4-2-3-5-15(14)13-7-10-17-11-8-13/h2-5,12-13,17H,6-11,16H2,1H3. The normalized spacial score (nSPS) is 19.2. The Kier molecular flexibility index (Phi) is 4.57. The molecule has 1 heterocycles. The Labute approximate surface area is 105 Å². The van der Waals surface area contributed by atoms with Gasteiger partial charge in [-0.2, -0.15) is 0 Å². The van der Waals surface area contributed by atoms with E-state index in [4.69, 9.17) is 5.73 Å². The Morgan fingerprint density at radius 2 is 2.00 bits per heavy atom. The van der Waals surface area contributed by atoms with E-state index in [1.165, 1.54) is 18.4 Å². The van der Waals surface area contributed by atoms with E-state index in [-0.39, 0.29) is 0 Å². The van der Waals surface area contributed by atoms with Crippen LogP contribution in [0.1, 0.15) is 49.1 Å². The molecule has 0 aliphatic carbocycles. The third-order valence-corrected chi connectivity index (χ3v) is 3.91. The molecular weight excluding hydrogens is 208 g/mol. The minimum absolute atomic E-state index is 0.589. The van der Waals surface area contributed by atoms with Crippen molar-refractivity contribution in [1.82, 2.24) is 5.32 Å². The molecule has 1 unspecified atom stereocenters. The van der Waals surface area contributed by atoms with Gasteiger partial charge in [0.25, 0.3) is 0 Å². The molecule has 0 spiro atoms. The van der Waals surface area contributed by atoms with Gasteiger partial charge in [0.1, 0.15) is 0 Å². The fraction of sp³-hybridized carbons (Fsp3) is 0.600. The minimum atomic E-state index is 0.589. The predicted octanol–water partition coefficient (Wildman–Crippen LogP) is 2.61. The van der Waals surface area contributed by atoms with Gasteiger partial charge in [-0.3, -0.25) is 0 Å². The minimum Gasteiger partial charge on any atom is -0.330 e. The first-order chi connectivity index (χ1) is 8.33. The van der Waals surface area contributed by atoms with Gasteiger partial charge in [0, 0.05) is 0 Å². The number of nitrogens with one attached hydrogen (secondary N) is 1. The monoisotopic (exact) mass is 232 g/mol. The molecule has 1 saturated heterocycles. The van der Waals surface area contributed by atoms with E-state index in [1.54, 1.807) is 5.56 Å². The molecular formula is C15H24N2. The third kappa shape index (κ3) is 3.08. The lowest BCUT2D eigenvalue weighted by atomic mass is 9.83. The van der Waals surface area contributed by atoms with Gasteiger partial charge in [-0.1, -0.05) is 31.2 Å². The van der Waals surface area contributed by atoms with Crippen LogP contribution < -0.4 is 11.1 Å². The quantitative estimate of drug-likeness (QED) is 0.837. The van der Waals surface area contributed by atoms with Gasteiger partial charge in [0.15, 0.2) is 0 Å². The Hall–Kier alpha value is -0.860. The molecule has 17 heavy (non-hydrogen) atoms. The molecule has 2 nitrogen and oxygen atoms in total. The van der Waals surface area contributed by atoms with Crippen molar-refractivity contribution in [3.63, 3.8) is 0 Å². The van der Waals surface area contributed by atoms with Crippen molar-refractivity contribution in [2.24, 2.45) is 5.73 Å². The van der Waals surface area contributed by atoms with Gasteiger partial charge < -0.3 is 11.1 Å². The molecule has 2 rings (SSSR count). The molecule has 94 valence electrons. The second-order valence-corrected chi connectivity index (χ2v) is 5.13. The second kappa shape index (κ2) is 6.18. The molecule has 0 amide bonds. The van der Waals surface area contributed by atoms with Crippen LogP contribution in [0, 0.1) is 0 Å². The fourth-order valence-corrected chi connectivity index (χ4v) is 2.87. The lowest BCUT2D eigenvalue weighted by Crippen LogP contribution is -2.27. The van der Waals surface area contributed by atoms with Crippen LogP contribution in [-0.2, 0) is 0 Å². The van der Waals surface area contributed by atoms with Crippen LogP contribution in [0.4, 0.5) is 0 Å². The number of benzene rings is 1. The maximum absolute atomic E-state index is 5.69. The summed E-state index contributed by atoms with van der Waals surface area (Å²) in [5.41, 5.74) is 8.77. The van der Waals surface area contributed by atoms with Crippen LogP contribution >= 0.6 is 0 Å². The Balaban J connectivity index is 2.19. The summed E-state index contributed by atoms with van der Waals surface area (Å²) in [6.07, 6.45) is 3.63. The average molecular weight is 232 g/mol. The van der Waals surface area contributed by atoms with E-state index < -0.39 is 0 Å². The number of hydrogen-bond acceptors (Lipinski definition) is 2. The lowest BCUT2D eigenvalue weighted by Gasteiger charge is -2.27. The summed E-state index contributed by atoms with van der Waals surface area (Å²) in [5.74, 6) is 1.33. The zero-order valence-electron chi connectivity index (χ0n) is 10.8. The van der Waals surface area contributed by atoms with Crippen molar-refractivity contribution in [2.75, 3.05) is 19.6 Å². The molecule has 1 atom stereocenters. The highest BCUT2D eigenvalue weighted by Gasteiger charge is 2.19. The molecule has 1 aromatic carbocycles.